The first-order valence-corrected chi connectivity index (χ1v) is 10.7. The molecule has 0 fully saturated rings. The lowest BCUT2D eigenvalue weighted by Gasteiger charge is -2.15. The third-order valence-corrected chi connectivity index (χ3v) is 5.81. The topological polar surface area (TPSA) is 114 Å². The minimum atomic E-state index is -3.75. The Labute approximate surface area is 178 Å². The quantitative estimate of drug-likeness (QED) is 0.614. The van der Waals surface area contributed by atoms with Crippen molar-refractivity contribution in [1.29, 1.82) is 0 Å². The zero-order chi connectivity index (χ0) is 21.8. The van der Waals surface area contributed by atoms with Crippen LogP contribution in [0.3, 0.4) is 0 Å². The van der Waals surface area contributed by atoms with Crippen molar-refractivity contribution in [3.63, 3.8) is 0 Å². The Hall–Kier alpha value is -2.20. The van der Waals surface area contributed by atoms with E-state index in [9.17, 15) is 18.0 Å². The number of nitrogens with one attached hydrogen (secondary N) is 2. The highest BCUT2D eigenvalue weighted by atomic mass is 35.5. The number of ether oxygens (including phenoxy) is 1. The van der Waals surface area contributed by atoms with Crippen LogP contribution in [0.5, 0.6) is 0 Å². The molecule has 0 aliphatic rings. The predicted octanol–water partition coefficient (Wildman–Crippen LogP) is 3.18. The van der Waals surface area contributed by atoms with E-state index < -0.39 is 28.0 Å². The van der Waals surface area contributed by atoms with Crippen molar-refractivity contribution in [3.05, 3.63) is 51.6 Å². The van der Waals surface area contributed by atoms with E-state index >= 15 is 0 Å². The Morgan fingerprint density at radius 1 is 1.24 bits per heavy atom. The van der Waals surface area contributed by atoms with Gasteiger partial charge in [0.25, 0.3) is 5.91 Å². The first kappa shape index (κ1) is 23.1. The summed E-state index contributed by atoms with van der Waals surface area (Å²) in [5.41, 5.74) is 0.534. The van der Waals surface area contributed by atoms with Crippen molar-refractivity contribution < 1.29 is 22.7 Å². The number of halogens is 2. The first-order chi connectivity index (χ1) is 13.5. The van der Waals surface area contributed by atoms with Crippen molar-refractivity contribution in [2.75, 3.05) is 11.9 Å². The number of hydrogen-bond donors (Lipinski definition) is 2. The highest BCUT2D eigenvalue weighted by molar-refractivity contribution is 7.89. The molecule has 1 atom stereocenters. The summed E-state index contributed by atoms with van der Waals surface area (Å²) in [7, 11) is -3.75. The van der Waals surface area contributed by atoms with Crippen LogP contribution in [-0.4, -0.2) is 37.9 Å². The van der Waals surface area contributed by atoms with Gasteiger partial charge in [0.1, 0.15) is 0 Å². The van der Waals surface area contributed by atoms with Gasteiger partial charge in [-0.25, -0.2) is 22.9 Å². The van der Waals surface area contributed by atoms with Crippen LogP contribution in [-0.2, 0) is 19.6 Å². The third kappa shape index (κ3) is 5.89. The molecule has 1 unspecified atom stereocenters. The van der Waals surface area contributed by atoms with Gasteiger partial charge in [0, 0.05) is 12.7 Å². The van der Waals surface area contributed by atoms with Crippen LogP contribution in [0.15, 0.2) is 35.4 Å². The number of aromatic nitrogens is 1. The molecule has 1 aromatic heterocycles. The standard InChI is InChI=1S/C18H19Cl2N3O5S/c1-4-22-29(26,27)13-6-5-10(2)14(8-13)18(25)28-11(3)17(24)23-16-15(20)7-12(19)9-21-16/h5-9,11,22H,4H2,1-3H3,(H,21,23,24). The molecular formula is C18H19Cl2N3O5S. The summed E-state index contributed by atoms with van der Waals surface area (Å²) in [6.45, 7) is 4.84. The fourth-order valence-electron chi connectivity index (χ4n) is 2.26. The largest absolute Gasteiger partial charge is 0.449 e. The Balaban J connectivity index is 2.15. The van der Waals surface area contributed by atoms with E-state index in [1.165, 1.54) is 37.4 Å². The summed E-state index contributed by atoms with van der Waals surface area (Å²) >= 11 is 11.7. The summed E-state index contributed by atoms with van der Waals surface area (Å²) in [6.07, 6.45) is 0.115. The van der Waals surface area contributed by atoms with E-state index in [1.54, 1.807) is 13.8 Å². The maximum atomic E-state index is 12.5. The highest BCUT2D eigenvalue weighted by Gasteiger charge is 2.23. The summed E-state index contributed by atoms with van der Waals surface area (Å²) in [4.78, 5) is 28.6. The normalized spacial score (nSPS) is 12.3. The number of esters is 1. The maximum Gasteiger partial charge on any atom is 0.339 e. The van der Waals surface area contributed by atoms with Gasteiger partial charge in [-0.05, 0) is 37.6 Å². The number of nitrogens with zero attached hydrogens (tertiary/aromatic N) is 1. The molecule has 0 aliphatic heterocycles. The molecule has 0 bridgehead atoms. The molecule has 2 aromatic rings. The van der Waals surface area contributed by atoms with E-state index in [2.05, 4.69) is 15.0 Å². The SMILES string of the molecule is CCNS(=O)(=O)c1ccc(C)c(C(=O)OC(C)C(=O)Nc2ncc(Cl)cc2Cl)c1. The molecular weight excluding hydrogens is 441 g/mol. The second-order valence-corrected chi connectivity index (χ2v) is 8.61. The predicted molar refractivity (Wildman–Crippen MR) is 110 cm³/mol. The Morgan fingerprint density at radius 2 is 1.93 bits per heavy atom. The molecule has 1 aromatic carbocycles. The smallest absolute Gasteiger partial charge is 0.339 e. The van der Waals surface area contributed by atoms with Crippen LogP contribution in [0.1, 0.15) is 29.8 Å². The maximum absolute atomic E-state index is 12.5. The van der Waals surface area contributed by atoms with E-state index in [-0.39, 0.29) is 27.8 Å². The lowest BCUT2D eigenvalue weighted by Crippen LogP contribution is -2.30. The molecule has 0 aliphatic carbocycles. The number of pyridine rings is 1. The first-order valence-electron chi connectivity index (χ1n) is 8.48. The lowest BCUT2D eigenvalue weighted by molar-refractivity contribution is -0.123. The van der Waals surface area contributed by atoms with Crippen molar-refractivity contribution in [3.8, 4) is 0 Å². The molecule has 0 saturated carbocycles. The van der Waals surface area contributed by atoms with Crippen molar-refractivity contribution >= 4 is 50.9 Å². The van der Waals surface area contributed by atoms with Gasteiger partial charge in [-0.2, -0.15) is 0 Å². The molecule has 0 saturated heterocycles. The Kier molecular flexibility index (Phi) is 7.59. The minimum absolute atomic E-state index is 0.0336. The molecule has 1 heterocycles. The summed E-state index contributed by atoms with van der Waals surface area (Å²) in [5.74, 6) is -1.43. The van der Waals surface area contributed by atoms with E-state index in [0.717, 1.165) is 0 Å². The number of benzene rings is 1. The Morgan fingerprint density at radius 3 is 2.55 bits per heavy atom. The number of sulfonamides is 1. The van der Waals surface area contributed by atoms with Gasteiger partial charge in [-0.15, -0.1) is 0 Å². The summed E-state index contributed by atoms with van der Waals surface area (Å²) < 4.78 is 31.8. The molecule has 2 rings (SSSR count). The average molecular weight is 460 g/mol. The molecule has 0 spiro atoms. The van der Waals surface area contributed by atoms with Crippen LogP contribution in [0.25, 0.3) is 0 Å². The van der Waals surface area contributed by atoms with Crippen LogP contribution in [0.2, 0.25) is 10.0 Å². The fraction of sp³-hybridized carbons (Fsp3) is 0.278. The second kappa shape index (κ2) is 9.53. The van der Waals surface area contributed by atoms with E-state index in [4.69, 9.17) is 27.9 Å². The fourth-order valence-corrected chi connectivity index (χ4v) is 3.76. The summed E-state index contributed by atoms with van der Waals surface area (Å²) in [6, 6.07) is 5.48. The van der Waals surface area contributed by atoms with Gasteiger partial charge in [0.15, 0.2) is 11.9 Å². The van der Waals surface area contributed by atoms with Crippen LogP contribution >= 0.6 is 23.2 Å². The van der Waals surface area contributed by atoms with E-state index in [0.29, 0.717) is 10.6 Å². The molecule has 156 valence electrons. The van der Waals surface area contributed by atoms with Gasteiger partial charge in [-0.3, -0.25) is 4.79 Å². The molecule has 2 N–H and O–H groups in total. The third-order valence-electron chi connectivity index (χ3n) is 3.78. The monoisotopic (exact) mass is 459 g/mol. The number of rotatable bonds is 7. The van der Waals surface area contributed by atoms with Gasteiger partial charge < -0.3 is 10.1 Å². The minimum Gasteiger partial charge on any atom is -0.449 e. The molecule has 8 nitrogen and oxygen atoms in total. The van der Waals surface area contributed by atoms with Crippen LogP contribution in [0, 0.1) is 6.92 Å². The van der Waals surface area contributed by atoms with Gasteiger partial charge in [0.05, 0.1) is 20.5 Å². The average Bonchev–Trinajstić information content (AvgIpc) is 2.63. The number of aryl methyl sites for hydroxylation is 1. The number of carbonyl (C=O) groups is 2. The molecule has 0 radical (unpaired) electrons. The Bertz CT molecular complexity index is 1040. The van der Waals surface area contributed by atoms with Gasteiger partial charge in [-0.1, -0.05) is 36.2 Å². The lowest BCUT2D eigenvalue weighted by atomic mass is 10.1. The second-order valence-electron chi connectivity index (χ2n) is 6.00. The van der Waals surface area contributed by atoms with Crippen LogP contribution in [0.4, 0.5) is 5.82 Å². The van der Waals surface area contributed by atoms with Gasteiger partial charge in [0.2, 0.25) is 10.0 Å². The zero-order valence-corrected chi connectivity index (χ0v) is 18.2. The summed E-state index contributed by atoms with van der Waals surface area (Å²) in [5, 5.41) is 2.86. The van der Waals surface area contributed by atoms with Crippen LogP contribution < -0.4 is 10.0 Å². The van der Waals surface area contributed by atoms with Crippen molar-refractivity contribution in [2.45, 2.75) is 31.8 Å². The molecule has 1 amide bonds. The molecule has 29 heavy (non-hydrogen) atoms. The number of carbonyl (C=O) groups excluding carboxylic acids is 2. The van der Waals surface area contributed by atoms with Gasteiger partial charge >= 0.3 is 5.97 Å². The highest BCUT2D eigenvalue weighted by Crippen LogP contribution is 2.23. The molecule has 11 heteroatoms. The number of hydrogen-bond acceptors (Lipinski definition) is 6. The zero-order valence-electron chi connectivity index (χ0n) is 15.8. The number of amides is 1. The van der Waals surface area contributed by atoms with Crippen molar-refractivity contribution in [1.82, 2.24) is 9.71 Å². The number of anilines is 1. The van der Waals surface area contributed by atoms with E-state index in [1.807, 2.05) is 0 Å². The van der Waals surface area contributed by atoms with Crippen molar-refractivity contribution in [2.24, 2.45) is 0 Å².